The highest BCUT2D eigenvalue weighted by Crippen LogP contribution is 2.52. The Balaban J connectivity index is 1.30. The summed E-state index contributed by atoms with van der Waals surface area (Å²) in [4.78, 5) is 24.1. The van der Waals surface area contributed by atoms with E-state index in [1.807, 2.05) is 66.9 Å². The number of benzene rings is 5. The predicted octanol–water partition coefficient (Wildman–Crippen LogP) is 9.07. The van der Waals surface area contributed by atoms with E-state index in [2.05, 4.69) is 84.1 Å². The van der Waals surface area contributed by atoms with E-state index in [4.69, 9.17) is 19.9 Å². The summed E-state index contributed by atoms with van der Waals surface area (Å²) in [6, 6.07) is 41.8. The van der Waals surface area contributed by atoms with E-state index < -0.39 is 0 Å². The first kappa shape index (κ1) is 26.4. The van der Waals surface area contributed by atoms with Crippen LogP contribution in [0.2, 0.25) is 0 Å². The van der Waals surface area contributed by atoms with E-state index in [-0.39, 0.29) is 5.41 Å². The molecule has 1 aliphatic rings. The molecule has 0 aliphatic heterocycles. The van der Waals surface area contributed by atoms with Gasteiger partial charge < -0.3 is 4.57 Å². The van der Waals surface area contributed by atoms with Crippen molar-refractivity contribution in [3.05, 3.63) is 145 Å². The predicted molar refractivity (Wildman–Crippen MR) is 184 cm³/mol. The maximum Gasteiger partial charge on any atom is 0.164 e. The Bertz CT molecular complexity index is 2390. The molecule has 0 fully saturated rings. The van der Waals surface area contributed by atoms with Gasteiger partial charge in [0.15, 0.2) is 17.5 Å². The van der Waals surface area contributed by atoms with Crippen molar-refractivity contribution in [3.63, 3.8) is 0 Å². The lowest BCUT2D eigenvalue weighted by Gasteiger charge is -2.22. The van der Waals surface area contributed by atoms with Crippen LogP contribution in [0.4, 0.5) is 0 Å². The molecule has 3 heterocycles. The third kappa shape index (κ3) is 3.93. The molecule has 0 N–H and O–H groups in total. The van der Waals surface area contributed by atoms with Crippen molar-refractivity contribution in [3.8, 4) is 51.0 Å². The highest BCUT2D eigenvalue weighted by atomic mass is 15.0. The molecule has 3 aromatic heterocycles. The number of nitrogens with zero attached hydrogens (tertiary/aromatic N) is 6. The Morgan fingerprint density at radius 1 is 0.565 bits per heavy atom. The molecule has 1 aliphatic carbocycles. The number of aromatic nitrogens is 6. The van der Waals surface area contributed by atoms with Gasteiger partial charge >= 0.3 is 0 Å². The summed E-state index contributed by atoms with van der Waals surface area (Å²) in [6.07, 6.45) is 3.61. The normalized spacial score (nSPS) is 13.2. The van der Waals surface area contributed by atoms with Crippen LogP contribution in [0.15, 0.2) is 134 Å². The molecule has 0 radical (unpaired) electrons. The molecule has 6 nitrogen and oxygen atoms in total. The summed E-state index contributed by atoms with van der Waals surface area (Å²) in [5.74, 6) is 1.92. The molecule has 0 unspecified atom stereocenters. The summed E-state index contributed by atoms with van der Waals surface area (Å²) >= 11 is 0. The third-order valence-electron chi connectivity index (χ3n) is 9.12. The van der Waals surface area contributed by atoms with Crippen molar-refractivity contribution in [2.24, 2.45) is 0 Å². The Morgan fingerprint density at radius 3 is 1.91 bits per heavy atom. The van der Waals surface area contributed by atoms with Crippen LogP contribution in [0.5, 0.6) is 0 Å². The van der Waals surface area contributed by atoms with Crippen LogP contribution in [0.1, 0.15) is 25.1 Å². The van der Waals surface area contributed by atoms with Crippen LogP contribution in [-0.2, 0) is 5.41 Å². The van der Waals surface area contributed by atoms with Crippen LogP contribution in [0.25, 0.3) is 72.8 Å². The Labute approximate surface area is 266 Å². The molecule has 0 saturated heterocycles. The molecule has 0 spiro atoms. The van der Waals surface area contributed by atoms with Gasteiger partial charge in [-0.15, -0.1) is 0 Å². The fourth-order valence-corrected chi connectivity index (χ4v) is 7.05. The largest absolute Gasteiger partial charge is 0.309 e. The number of fused-ring (bicyclic) bond motifs is 7. The van der Waals surface area contributed by atoms with Crippen LogP contribution < -0.4 is 0 Å². The van der Waals surface area contributed by atoms with Crippen molar-refractivity contribution < 1.29 is 0 Å². The first-order valence-electron chi connectivity index (χ1n) is 15.4. The molecule has 0 saturated carbocycles. The lowest BCUT2D eigenvalue weighted by Crippen LogP contribution is -2.18. The van der Waals surface area contributed by atoms with Crippen LogP contribution >= 0.6 is 0 Å². The quantitative estimate of drug-likeness (QED) is 0.204. The van der Waals surface area contributed by atoms with Crippen LogP contribution in [-0.4, -0.2) is 29.5 Å². The lowest BCUT2D eigenvalue weighted by molar-refractivity contribution is 0.638. The Kier molecular flexibility index (Phi) is 5.74. The molecule has 5 aromatic carbocycles. The summed E-state index contributed by atoms with van der Waals surface area (Å²) in [6.45, 7) is 4.53. The standard InChI is InChI=1S/C40H28N6/c1-40(2)34-30(32-23-41-24-42-36(32)40)20-21-31-29-18-9-10-19-33(29)46(35(31)34)28-17-11-16-27(22-28)39-44-37(25-12-5-3-6-13-25)43-38(45-39)26-14-7-4-8-15-26/h3-24H,1-2H3. The monoisotopic (exact) mass is 592 g/mol. The maximum absolute atomic E-state index is 5.01. The number of rotatable bonds is 4. The summed E-state index contributed by atoms with van der Waals surface area (Å²) in [7, 11) is 0. The fraction of sp³-hybridized carbons (Fsp3) is 0.0750. The van der Waals surface area contributed by atoms with Crippen molar-refractivity contribution in [1.29, 1.82) is 0 Å². The van der Waals surface area contributed by atoms with E-state index in [9.17, 15) is 0 Å². The lowest BCUT2D eigenvalue weighted by atomic mass is 9.84. The first-order chi connectivity index (χ1) is 22.6. The van der Waals surface area contributed by atoms with Crippen LogP contribution in [0.3, 0.4) is 0 Å². The zero-order chi connectivity index (χ0) is 30.8. The average molecular weight is 593 g/mol. The van der Waals surface area contributed by atoms with Gasteiger partial charge in [0.2, 0.25) is 0 Å². The van der Waals surface area contributed by atoms with Crippen molar-refractivity contribution in [1.82, 2.24) is 29.5 Å². The van der Waals surface area contributed by atoms with Crippen molar-refractivity contribution in [2.45, 2.75) is 19.3 Å². The molecule has 0 atom stereocenters. The SMILES string of the molecule is CC1(C)c2ncncc2-c2ccc3c4ccccc4n(-c4cccc(-c5nc(-c6ccccc6)nc(-c6ccccc6)n5)c4)c3c21. The fourth-order valence-electron chi connectivity index (χ4n) is 7.05. The minimum Gasteiger partial charge on any atom is -0.309 e. The minimum atomic E-state index is -0.305. The Hall–Kier alpha value is -6.01. The van der Waals surface area contributed by atoms with E-state index in [1.54, 1.807) is 6.33 Å². The van der Waals surface area contributed by atoms with E-state index >= 15 is 0 Å². The van der Waals surface area contributed by atoms with Gasteiger partial charge in [-0.1, -0.05) is 117 Å². The van der Waals surface area contributed by atoms with Gasteiger partial charge in [-0.3, -0.25) is 0 Å². The van der Waals surface area contributed by atoms with Gasteiger partial charge in [-0.25, -0.2) is 24.9 Å². The first-order valence-corrected chi connectivity index (χ1v) is 15.4. The molecular weight excluding hydrogens is 564 g/mol. The second-order valence-corrected chi connectivity index (χ2v) is 12.2. The maximum atomic E-state index is 5.01. The molecule has 6 heteroatoms. The molecule has 0 bridgehead atoms. The van der Waals surface area contributed by atoms with Crippen molar-refractivity contribution >= 4 is 21.8 Å². The van der Waals surface area contributed by atoms with Gasteiger partial charge in [-0.2, -0.15) is 0 Å². The van der Waals surface area contributed by atoms with Crippen molar-refractivity contribution in [2.75, 3.05) is 0 Å². The molecular formula is C40H28N6. The van der Waals surface area contributed by atoms with Gasteiger partial charge in [0.25, 0.3) is 0 Å². The zero-order valence-electron chi connectivity index (χ0n) is 25.4. The van der Waals surface area contributed by atoms with E-state index in [0.717, 1.165) is 39.2 Å². The molecule has 218 valence electrons. The molecule has 9 rings (SSSR count). The zero-order valence-corrected chi connectivity index (χ0v) is 25.4. The van der Waals surface area contributed by atoms with Gasteiger partial charge in [0.1, 0.15) is 6.33 Å². The van der Waals surface area contributed by atoms with Crippen LogP contribution in [0, 0.1) is 0 Å². The smallest absolute Gasteiger partial charge is 0.164 e. The molecule has 0 amide bonds. The summed E-state index contributed by atoms with van der Waals surface area (Å²) in [5.41, 5.74) is 10.5. The Morgan fingerprint density at radius 2 is 1.20 bits per heavy atom. The second kappa shape index (κ2) is 10.0. The highest BCUT2D eigenvalue weighted by molar-refractivity contribution is 6.13. The van der Waals surface area contributed by atoms with E-state index in [0.29, 0.717) is 17.5 Å². The second-order valence-electron chi connectivity index (χ2n) is 12.2. The summed E-state index contributed by atoms with van der Waals surface area (Å²) < 4.78 is 2.39. The van der Waals surface area contributed by atoms with Gasteiger partial charge in [-0.05, 0) is 29.3 Å². The van der Waals surface area contributed by atoms with E-state index in [1.165, 1.54) is 27.4 Å². The number of hydrogen-bond acceptors (Lipinski definition) is 5. The number of para-hydroxylation sites is 1. The highest BCUT2D eigenvalue weighted by Gasteiger charge is 2.40. The van der Waals surface area contributed by atoms with Gasteiger partial charge in [0, 0.05) is 50.3 Å². The average Bonchev–Trinajstić information content (AvgIpc) is 3.57. The molecule has 8 aromatic rings. The number of hydrogen-bond donors (Lipinski definition) is 0. The minimum absolute atomic E-state index is 0.305. The van der Waals surface area contributed by atoms with Gasteiger partial charge in [0.05, 0.1) is 16.7 Å². The summed E-state index contributed by atoms with van der Waals surface area (Å²) in [5, 5.41) is 2.42. The topological polar surface area (TPSA) is 69.4 Å². The molecule has 46 heavy (non-hydrogen) atoms. The third-order valence-corrected chi connectivity index (χ3v) is 9.12.